The number of nitrogens with zero attached hydrogens (tertiary/aromatic N) is 4. The molecule has 1 aliphatic heterocycles. The maximum absolute atomic E-state index is 15.2. The van der Waals surface area contributed by atoms with Crippen LogP contribution in [0.5, 0.6) is 0 Å². The van der Waals surface area contributed by atoms with Crippen LogP contribution in [0.25, 0.3) is 11.3 Å². The molecule has 5 heteroatoms. The largest absolute Gasteiger partial charge is 0.284 e. The van der Waals surface area contributed by atoms with Crippen LogP contribution in [0, 0.1) is 12.8 Å². The molecule has 2 atom stereocenters. The number of rotatable bonds is 1. The Hall–Kier alpha value is -2.30. The number of fused-ring (bicyclic) bond motifs is 2. The molecule has 2 aromatic heterocycles. The molecular formula is C17H17FN4. The zero-order valence-corrected chi connectivity index (χ0v) is 12.6. The number of hydrogen-bond acceptors (Lipinski definition) is 3. The number of alkyl halides is 1. The summed E-state index contributed by atoms with van der Waals surface area (Å²) in [5, 5.41) is 8.27. The normalized spacial score (nSPS) is 23.9. The lowest BCUT2D eigenvalue weighted by Gasteiger charge is -2.33. The highest BCUT2D eigenvalue weighted by molar-refractivity contribution is 5.79. The minimum absolute atomic E-state index is 0.212. The zero-order chi connectivity index (χ0) is 15.3. The van der Waals surface area contributed by atoms with Crippen LogP contribution in [0.3, 0.4) is 0 Å². The second kappa shape index (κ2) is 4.87. The summed E-state index contributed by atoms with van der Waals surface area (Å²) >= 11 is 0. The number of hydrogen-bond donors (Lipinski definition) is 0. The molecule has 2 aromatic rings. The van der Waals surface area contributed by atoms with Gasteiger partial charge in [-0.1, -0.05) is 19.1 Å². The summed E-state index contributed by atoms with van der Waals surface area (Å²) in [5.74, 6) is 1.41. The van der Waals surface area contributed by atoms with Crippen LogP contribution in [-0.4, -0.2) is 25.9 Å². The van der Waals surface area contributed by atoms with E-state index in [1.54, 1.807) is 12.4 Å². The van der Waals surface area contributed by atoms with Gasteiger partial charge in [-0.3, -0.25) is 9.55 Å². The molecule has 0 radical (unpaired) electrons. The van der Waals surface area contributed by atoms with E-state index in [4.69, 9.17) is 0 Å². The number of aryl methyl sites for hydroxylation is 2. The Morgan fingerprint density at radius 3 is 2.91 bits per heavy atom. The van der Waals surface area contributed by atoms with Gasteiger partial charge in [0.2, 0.25) is 0 Å². The SMILES string of the molecule is Cc1nnc2n1C1=C(C=C(c3cccnc3)C(C)C1F)CC2. The minimum atomic E-state index is -1.05. The molecule has 0 fully saturated rings. The Balaban J connectivity index is 1.89. The van der Waals surface area contributed by atoms with E-state index in [0.29, 0.717) is 0 Å². The quantitative estimate of drug-likeness (QED) is 0.811. The standard InChI is InChI=1S/C17H17FN4/c1-10-14(13-4-3-7-19-9-13)8-12-5-6-15-21-20-11(2)22(15)17(12)16(10)18/h3-4,7-10,16H,5-6H2,1-2H3. The van der Waals surface area contributed by atoms with Crippen molar-refractivity contribution in [3.8, 4) is 0 Å². The van der Waals surface area contributed by atoms with Crippen LogP contribution in [0.15, 0.2) is 36.2 Å². The fourth-order valence-electron chi connectivity index (χ4n) is 3.44. The average Bonchev–Trinajstić information content (AvgIpc) is 2.93. The highest BCUT2D eigenvalue weighted by Crippen LogP contribution is 2.42. The van der Waals surface area contributed by atoms with Crippen LogP contribution >= 0.6 is 0 Å². The van der Waals surface area contributed by atoms with E-state index < -0.39 is 6.17 Å². The molecule has 0 bridgehead atoms. The monoisotopic (exact) mass is 296 g/mol. The molecule has 0 amide bonds. The van der Waals surface area contributed by atoms with Crippen LogP contribution < -0.4 is 0 Å². The summed E-state index contributed by atoms with van der Waals surface area (Å²) in [6, 6.07) is 3.88. The van der Waals surface area contributed by atoms with Crippen molar-refractivity contribution in [2.24, 2.45) is 5.92 Å². The van der Waals surface area contributed by atoms with Gasteiger partial charge >= 0.3 is 0 Å². The van der Waals surface area contributed by atoms with Crippen LogP contribution in [0.2, 0.25) is 0 Å². The Kier molecular flexibility index (Phi) is 2.96. The first-order valence-electron chi connectivity index (χ1n) is 7.57. The van der Waals surface area contributed by atoms with E-state index in [0.717, 1.165) is 46.9 Å². The number of allylic oxidation sites excluding steroid dienone is 4. The molecule has 112 valence electrons. The van der Waals surface area contributed by atoms with Gasteiger partial charge in [-0.05, 0) is 36.1 Å². The van der Waals surface area contributed by atoms with E-state index in [2.05, 4.69) is 21.3 Å². The molecule has 1 aliphatic carbocycles. The lowest BCUT2D eigenvalue weighted by molar-refractivity contribution is 0.337. The Bertz CT molecular complexity index is 788. The first-order valence-corrected chi connectivity index (χ1v) is 7.57. The van der Waals surface area contributed by atoms with Crippen LogP contribution in [0.1, 0.15) is 30.6 Å². The summed E-state index contributed by atoms with van der Waals surface area (Å²) < 4.78 is 17.1. The van der Waals surface area contributed by atoms with E-state index in [1.165, 1.54) is 0 Å². The molecule has 3 heterocycles. The third kappa shape index (κ3) is 1.85. The molecule has 0 spiro atoms. The smallest absolute Gasteiger partial charge is 0.147 e. The van der Waals surface area contributed by atoms with Gasteiger partial charge in [-0.2, -0.15) is 0 Å². The van der Waals surface area contributed by atoms with Crippen molar-refractivity contribution in [3.63, 3.8) is 0 Å². The van der Waals surface area contributed by atoms with Crippen molar-refractivity contribution in [2.45, 2.75) is 32.9 Å². The summed E-state index contributed by atoms with van der Waals surface area (Å²) in [7, 11) is 0. The van der Waals surface area contributed by atoms with Gasteiger partial charge in [-0.15, -0.1) is 10.2 Å². The van der Waals surface area contributed by atoms with E-state index >= 15 is 4.39 Å². The molecule has 0 saturated carbocycles. The zero-order valence-electron chi connectivity index (χ0n) is 12.6. The molecular weight excluding hydrogens is 279 g/mol. The van der Waals surface area contributed by atoms with E-state index in [-0.39, 0.29) is 5.92 Å². The molecule has 4 rings (SSSR count). The van der Waals surface area contributed by atoms with Crippen LogP contribution in [0.4, 0.5) is 4.39 Å². The van der Waals surface area contributed by atoms with Crippen molar-refractivity contribution in [1.82, 2.24) is 19.7 Å². The fourth-order valence-corrected chi connectivity index (χ4v) is 3.44. The molecule has 2 aliphatic rings. The molecule has 4 nitrogen and oxygen atoms in total. The summed E-state index contributed by atoms with van der Waals surface area (Å²) in [6.45, 7) is 3.81. The van der Waals surface area contributed by atoms with Gasteiger partial charge < -0.3 is 0 Å². The van der Waals surface area contributed by atoms with Gasteiger partial charge in [0.15, 0.2) is 0 Å². The van der Waals surface area contributed by atoms with Crippen molar-refractivity contribution < 1.29 is 4.39 Å². The first-order chi connectivity index (χ1) is 10.7. The van der Waals surface area contributed by atoms with Crippen molar-refractivity contribution in [2.75, 3.05) is 0 Å². The third-order valence-corrected chi connectivity index (χ3v) is 4.60. The molecule has 0 aromatic carbocycles. The Morgan fingerprint density at radius 1 is 1.27 bits per heavy atom. The summed E-state index contributed by atoms with van der Waals surface area (Å²) in [5.41, 5.74) is 3.80. The van der Waals surface area contributed by atoms with Gasteiger partial charge in [0.05, 0.1) is 5.70 Å². The summed E-state index contributed by atoms with van der Waals surface area (Å²) in [6.07, 6.45) is 6.24. The van der Waals surface area contributed by atoms with E-state index in [9.17, 15) is 0 Å². The van der Waals surface area contributed by atoms with Gasteiger partial charge in [0.25, 0.3) is 0 Å². The highest BCUT2D eigenvalue weighted by Gasteiger charge is 2.36. The lowest BCUT2D eigenvalue weighted by atomic mass is 9.80. The minimum Gasteiger partial charge on any atom is -0.284 e. The first kappa shape index (κ1) is 13.4. The van der Waals surface area contributed by atoms with Crippen molar-refractivity contribution >= 4 is 11.3 Å². The summed E-state index contributed by atoms with van der Waals surface area (Å²) in [4.78, 5) is 4.16. The second-order valence-corrected chi connectivity index (χ2v) is 5.94. The number of pyridine rings is 1. The predicted octanol–water partition coefficient (Wildman–Crippen LogP) is 3.21. The maximum atomic E-state index is 15.2. The fraction of sp³-hybridized carbons (Fsp3) is 0.353. The predicted molar refractivity (Wildman–Crippen MR) is 82.6 cm³/mol. The third-order valence-electron chi connectivity index (χ3n) is 4.60. The number of aromatic nitrogens is 4. The van der Waals surface area contributed by atoms with Gasteiger partial charge in [0.1, 0.15) is 17.8 Å². The maximum Gasteiger partial charge on any atom is 0.147 e. The van der Waals surface area contributed by atoms with E-state index in [1.807, 2.05) is 30.5 Å². The molecule has 22 heavy (non-hydrogen) atoms. The Morgan fingerprint density at radius 2 is 2.14 bits per heavy atom. The molecule has 0 N–H and O–H groups in total. The second-order valence-electron chi connectivity index (χ2n) is 5.94. The highest BCUT2D eigenvalue weighted by atomic mass is 19.1. The van der Waals surface area contributed by atoms with Crippen LogP contribution in [-0.2, 0) is 6.42 Å². The average molecular weight is 296 g/mol. The van der Waals surface area contributed by atoms with Crippen molar-refractivity contribution in [1.29, 1.82) is 0 Å². The van der Waals surface area contributed by atoms with Crippen molar-refractivity contribution in [3.05, 3.63) is 53.4 Å². The molecule has 0 saturated heterocycles. The number of halogens is 1. The lowest BCUT2D eigenvalue weighted by Crippen LogP contribution is -2.28. The Labute approximate surface area is 128 Å². The van der Waals surface area contributed by atoms with Gasteiger partial charge in [0, 0.05) is 24.7 Å². The topological polar surface area (TPSA) is 43.6 Å². The van der Waals surface area contributed by atoms with Gasteiger partial charge in [-0.25, -0.2) is 4.39 Å². The molecule has 2 unspecified atom stereocenters.